The first-order valence-electron chi connectivity index (χ1n) is 7.87. The van der Waals surface area contributed by atoms with E-state index >= 15 is 0 Å². The van der Waals surface area contributed by atoms with Crippen molar-refractivity contribution in [3.8, 4) is 0 Å². The minimum atomic E-state index is -0.597. The van der Waals surface area contributed by atoms with E-state index in [1.54, 1.807) is 19.2 Å². The number of amidine groups is 1. The molecule has 2 amide bonds. The van der Waals surface area contributed by atoms with Crippen LogP contribution in [0.25, 0.3) is 0 Å². The molecule has 0 aliphatic carbocycles. The Kier molecular flexibility index (Phi) is 6.04. The van der Waals surface area contributed by atoms with Gasteiger partial charge in [0.2, 0.25) is 11.8 Å². The molecule has 140 valence electrons. The van der Waals surface area contributed by atoms with Crippen molar-refractivity contribution >= 4 is 63.3 Å². The fraction of sp³-hybridized carbons (Fsp3) is 0.167. The maximum absolute atomic E-state index is 13.0. The maximum Gasteiger partial charge on any atom is 0.242 e. The quantitative estimate of drug-likeness (QED) is 0.770. The minimum absolute atomic E-state index is 0.0325. The van der Waals surface area contributed by atoms with Gasteiger partial charge in [-0.3, -0.25) is 14.5 Å². The summed E-state index contributed by atoms with van der Waals surface area (Å²) in [7, 11) is 1.59. The minimum Gasteiger partial charge on any atom is -0.325 e. The average Bonchev–Trinajstić information content (AvgIpc) is 2.87. The Labute approximate surface area is 169 Å². The Hall–Kier alpha value is -2.09. The van der Waals surface area contributed by atoms with E-state index in [1.165, 1.54) is 47.0 Å². The summed E-state index contributed by atoms with van der Waals surface area (Å²) < 4.78 is 13.0. The molecule has 9 heteroatoms. The van der Waals surface area contributed by atoms with E-state index in [4.69, 9.17) is 23.2 Å². The number of halogens is 3. The Morgan fingerprint density at radius 1 is 1.26 bits per heavy atom. The first-order valence-corrected chi connectivity index (χ1v) is 9.50. The van der Waals surface area contributed by atoms with Crippen LogP contribution in [0.15, 0.2) is 47.5 Å². The van der Waals surface area contributed by atoms with E-state index < -0.39 is 5.25 Å². The van der Waals surface area contributed by atoms with E-state index in [0.29, 0.717) is 26.6 Å². The van der Waals surface area contributed by atoms with Crippen molar-refractivity contribution in [1.29, 1.82) is 0 Å². The van der Waals surface area contributed by atoms with Crippen LogP contribution in [0.1, 0.15) is 6.42 Å². The highest BCUT2D eigenvalue weighted by molar-refractivity contribution is 8.15. The van der Waals surface area contributed by atoms with E-state index in [-0.39, 0.29) is 24.1 Å². The summed E-state index contributed by atoms with van der Waals surface area (Å²) in [6.45, 7) is 0. The second kappa shape index (κ2) is 8.29. The van der Waals surface area contributed by atoms with Crippen LogP contribution < -0.4 is 5.32 Å². The van der Waals surface area contributed by atoms with Gasteiger partial charge in [0.15, 0.2) is 5.17 Å². The monoisotopic (exact) mass is 425 g/mol. The number of thioether (sulfide) groups is 1. The van der Waals surface area contributed by atoms with Crippen LogP contribution >= 0.6 is 35.0 Å². The molecule has 2 aromatic rings. The summed E-state index contributed by atoms with van der Waals surface area (Å²) >= 11 is 13.1. The van der Waals surface area contributed by atoms with Crippen molar-refractivity contribution in [2.45, 2.75) is 11.7 Å². The number of nitrogens with zero attached hydrogens (tertiary/aromatic N) is 2. The summed E-state index contributed by atoms with van der Waals surface area (Å²) in [6, 6.07) is 10.4. The molecule has 1 fully saturated rings. The third-order valence-electron chi connectivity index (χ3n) is 3.77. The Balaban J connectivity index is 1.67. The number of carbonyl (C=O) groups is 2. The van der Waals surface area contributed by atoms with Crippen molar-refractivity contribution in [3.05, 3.63) is 58.3 Å². The molecule has 2 aromatic carbocycles. The molecule has 1 aliphatic rings. The second-order valence-electron chi connectivity index (χ2n) is 5.75. The zero-order valence-electron chi connectivity index (χ0n) is 14.1. The Morgan fingerprint density at radius 3 is 2.63 bits per heavy atom. The predicted molar refractivity (Wildman–Crippen MR) is 107 cm³/mol. The lowest BCUT2D eigenvalue weighted by molar-refractivity contribution is -0.127. The highest BCUT2D eigenvalue weighted by atomic mass is 35.5. The molecule has 0 aromatic heterocycles. The summed E-state index contributed by atoms with van der Waals surface area (Å²) in [4.78, 5) is 30.4. The standard InChI is InChI=1S/C18H14Cl2FN3O2S/c1-24-17(26)15(27-18(24)22-12-5-3-11(21)4-6-12)9-16(25)23-14-7-2-10(19)8-13(14)20/h2-8,15H,9H2,1H3,(H,23,25)/t15-/m1/s1. The van der Waals surface area contributed by atoms with Gasteiger partial charge in [0.1, 0.15) is 11.1 Å². The molecule has 1 atom stereocenters. The van der Waals surface area contributed by atoms with E-state index in [1.807, 2.05) is 0 Å². The molecule has 0 radical (unpaired) electrons. The van der Waals surface area contributed by atoms with Gasteiger partial charge in [-0.05, 0) is 42.5 Å². The van der Waals surface area contributed by atoms with Crippen LogP contribution in [0.5, 0.6) is 0 Å². The molecule has 27 heavy (non-hydrogen) atoms. The van der Waals surface area contributed by atoms with Gasteiger partial charge in [-0.25, -0.2) is 9.38 Å². The summed E-state index contributed by atoms with van der Waals surface area (Å²) in [5.41, 5.74) is 0.951. The molecular formula is C18H14Cl2FN3O2S. The molecule has 1 saturated heterocycles. The third kappa shape index (κ3) is 4.80. The van der Waals surface area contributed by atoms with Gasteiger partial charge >= 0.3 is 0 Å². The molecule has 0 unspecified atom stereocenters. The molecule has 0 saturated carbocycles. The number of amides is 2. The van der Waals surface area contributed by atoms with Crippen LogP contribution in [0, 0.1) is 5.82 Å². The summed E-state index contributed by atoms with van der Waals surface area (Å²) in [5, 5.41) is 3.31. The predicted octanol–water partition coefficient (Wildman–Crippen LogP) is 4.72. The first kappa shape index (κ1) is 19.7. The third-order valence-corrected chi connectivity index (χ3v) is 5.54. The average molecular weight is 426 g/mol. The number of benzene rings is 2. The van der Waals surface area contributed by atoms with Gasteiger partial charge in [0.25, 0.3) is 0 Å². The van der Waals surface area contributed by atoms with E-state index in [9.17, 15) is 14.0 Å². The van der Waals surface area contributed by atoms with Crippen molar-refractivity contribution in [2.75, 3.05) is 12.4 Å². The molecule has 0 bridgehead atoms. The van der Waals surface area contributed by atoms with E-state index in [0.717, 1.165) is 0 Å². The number of carbonyl (C=O) groups excluding carboxylic acids is 2. The molecule has 3 rings (SSSR count). The molecule has 1 heterocycles. The molecule has 5 nitrogen and oxygen atoms in total. The molecule has 1 aliphatic heterocycles. The Morgan fingerprint density at radius 2 is 1.96 bits per heavy atom. The second-order valence-corrected chi connectivity index (χ2v) is 7.76. The molecule has 0 spiro atoms. The zero-order valence-corrected chi connectivity index (χ0v) is 16.4. The van der Waals surface area contributed by atoms with Crippen LogP contribution in [0.4, 0.5) is 15.8 Å². The van der Waals surface area contributed by atoms with Gasteiger partial charge in [0, 0.05) is 18.5 Å². The topological polar surface area (TPSA) is 61.8 Å². The van der Waals surface area contributed by atoms with Gasteiger partial charge < -0.3 is 5.32 Å². The van der Waals surface area contributed by atoms with Crippen molar-refractivity contribution in [3.63, 3.8) is 0 Å². The summed E-state index contributed by atoms with van der Waals surface area (Å²) in [6.07, 6.45) is -0.0325. The number of hydrogen-bond donors (Lipinski definition) is 1. The lowest BCUT2D eigenvalue weighted by Crippen LogP contribution is -2.30. The van der Waals surface area contributed by atoms with Crippen LogP contribution in [0.3, 0.4) is 0 Å². The van der Waals surface area contributed by atoms with Gasteiger partial charge in [-0.15, -0.1) is 0 Å². The van der Waals surface area contributed by atoms with Crippen LogP contribution in [-0.4, -0.2) is 34.2 Å². The number of aliphatic imine (C=N–C) groups is 1. The number of hydrogen-bond acceptors (Lipinski definition) is 4. The van der Waals surface area contributed by atoms with Crippen LogP contribution in [-0.2, 0) is 9.59 Å². The van der Waals surface area contributed by atoms with Crippen LogP contribution in [0.2, 0.25) is 10.0 Å². The fourth-order valence-corrected chi connectivity index (χ4v) is 3.99. The van der Waals surface area contributed by atoms with Crippen molar-refractivity contribution in [1.82, 2.24) is 4.90 Å². The smallest absolute Gasteiger partial charge is 0.242 e. The van der Waals surface area contributed by atoms with Crippen molar-refractivity contribution in [2.24, 2.45) is 4.99 Å². The molecule has 1 N–H and O–H groups in total. The first-order chi connectivity index (χ1) is 12.8. The normalized spacial score (nSPS) is 18.2. The Bertz CT molecular complexity index is 921. The number of anilines is 1. The lowest BCUT2D eigenvalue weighted by atomic mass is 10.2. The van der Waals surface area contributed by atoms with Gasteiger partial charge in [-0.1, -0.05) is 35.0 Å². The van der Waals surface area contributed by atoms with Gasteiger partial charge in [0.05, 0.1) is 16.4 Å². The lowest BCUT2D eigenvalue weighted by Gasteiger charge is -2.10. The van der Waals surface area contributed by atoms with E-state index in [2.05, 4.69) is 10.3 Å². The zero-order chi connectivity index (χ0) is 19.6. The maximum atomic E-state index is 13.0. The highest BCUT2D eigenvalue weighted by Gasteiger charge is 2.37. The number of rotatable bonds is 4. The summed E-state index contributed by atoms with van der Waals surface area (Å²) in [5.74, 6) is -0.933. The largest absolute Gasteiger partial charge is 0.325 e. The number of nitrogens with one attached hydrogen (secondary N) is 1. The highest BCUT2D eigenvalue weighted by Crippen LogP contribution is 2.31. The molecular weight excluding hydrogens is 412 g/mol. The fourth-order valence-electron chi connectivity index (χ4n) is 2.38. The van der Waals surface area contributed by atoms with Crippen molar-refractivity contribution < 1.29 is 14.0 Å². The SMILES string of the molecule is CN1C(=O)[C@@H](CC(=O)Nc2ccc(Cl)cc2Cl)SC1=Nc1ccc(F)cc1. The van der Waals surface area contributed by atoms with Gasteiger partial charge in [-0.2, -0.15) is 0 Å².